The molecule has 3 aromatic rings. The predicted molar refractivity (Wildman–Crippen MR) is 110 cm³/mol. The van der Waals surface area contributed by atoms with Gasteiger partial charge in [-0.15, -0.1) is 10.2 Å². The van der Waals surface area contributed by atoms with Gasteiger partial charge in [0.05, 0.1) is 12.9 Å². The van der Waals surface area contributed by atoms with Crippen molar-refractivity contribution in [1.29, 1.82) is 0 Å². The highest BCUT2D eigenvalue weighted by molar-refractivity contribution is 7.99. The summed E-state index contributed by atoms with van der Waals surface area (Å²) in [4.78, 5) is 14.0. The Kier molecular flexibility index (Phi) is 7.37. The molecule has 0 atom stereocenters. The van der Waals surface area contributed by atoms with Crippen molar-refractivity contribution in [3.8, 4) is 11.5 Å². The lowest BCUT2D eigenvalue weighted by Crippen LogP contribution is -2.27. The number of methoxy groups -OCH3 is 1. The van der Waals surface area contributed by atoms with Gasteiger partial charge in [0.15, 0.2) is 6.61 Å². The van der Waals surface area contributed by atoms with E-state index in [1.165, 1.54) is 11.8 Å². The molecule has 1 heterocycles. The first-order valence-electron chi connectivity index (χ1n) is 8.74. The quantitative estimate of drug-likeness (QED) is 0.471. The van der Waals surface area contributed by atoms with E-state index < -0.39 is 0 Å². The van der Waals surface area contributed by atoms with Crippen LogP contribution in [0.5, 0.6) is 11.5 Å². The largest absolute Gasteiger partial charge is 0.497 e. The minimum Gasteiger partial charge on any atom is -0.497 e. The van der Waals surface area contributed by atoms with Gasteiger partial charge in [-0.05, 0) is 42.0 Å². The molecular weight excluding hydrogens is 414 g/mol. The third kappa shape index (κ3) is 6.40. The van der Waals surface area contributed by atoms with E-state index in [1.807, 2.05) is 24.3 Å². The molecular formula is C20H20ClN3O4S. The number of aromatic nitrogens is 2. The number of carbonyl (C=O) groups excluding carboxylic acids is 1. The van der Waals surface area contributed by atoms with Crippen LogP contribution in [0.1, 0.15) is 11.5 Å². The Bertz CT molecular complexity index is 949. The zero-order valence-corrected chi connectivity index (χ0v) is 17.6. The normalized spacial score (nSPS) is 10.6. The van der Waals surface area contributed by atoms with Gasteiger partial charge in [-0.2, -0.15) is 0 Å². The van der Waals surface area contributed by atoms with E-state index in [-0.39, 0.29) is 18.3 Å². The first-order chi connectivity index (χ1) is 14.0. The highest BCUT2D eigenvalue weighted by Crippen LogP contribution is 2.20. The molecule has 1 amide bonds. The van der Waals surface area contributed by atoms with Crippen LogP contribution in [-0.4, -0.2) is 40.9 Å². The molecule has 0 radical (unpaired) electrons. The van der Waals surface area contributed by atoms with Crippen LogP contribution in [0.3, 0.4) is 0 Å². The van der Waals surface area contributed by atoms with Crippen LogP contribution >= 0.6 is 23.4 Å². The first kappa shape index (κ1) is 21.0. The highest BCUT2D eigenvalue weighted by Gasteiger charge is 2.14. The maximum atomic E-state index is 12.4. The number of amides is 1. The van der Waals surface area contributed by atoms with Crippen molar-refractivity contribution in [2.24, 2.45) is 0 Å². The van der Waals surface area contributed by atoms with Gasteiger partial charge < -0.3 is 18.8 Å². The van der Waals surface area contributed by atoms with Gasteiger partial charge >= 0.3 is 0 Å². The third-order valence-corrected chi connectivity index (χ3v) is 4.98. The van der Waals surface area contributed by atoms with Gasteiger partial charge in [0.1, 0.15) is 11.5 Å². The minimum absolute atomic E-state index is 0.0463. The molecule has 0 saturated heterocycles. The third-order valence-electron chi connectivity index (χ3n) is 3.92. The maximum absolute atomic E-state index is 12.4. The molecule has 3 rings (SSSR count). The summed E-state index contributed by atoms with van der Waals surface area (Å²) >= 11 is 7.03. The Hall–Kier alpha value is -2.71. The molecule has 0 fully saturated rings. The van der Waals surface area contributed by atoms with E-state index in [1.54, 1.807) is 43.3 Å². The summed E-state index contributed by atoms with van der Waals surface area (Å²) in [5.41, 5.74) is 0.990. The van der Waals surface area contributed by atoms with Gasteiger partial charge in [0, 0.05) is 18.6 Å². The Morgan fingerprint density at radius 2 is 1.97 bits per heavy atom. The maximum Gasteiger partial charge on any atom is 0.277 e. The Labute approximate surface area is 178 Å². The van der Waals surface area contributed by atoms with Crippen LogP contribution in [0.2, 0.25) is 5.02 Å². The number of rotatable bonds is 9. The second kappa shape index (κ2) is 10.2. The predicted octanol–water partition coefficient (Wildman–Crippen LogP) is 4.06. The van der Waals surface area contributed by atoms with E-state index in [9.17, 15) is 4.79 Å². The molecule has 0 unspecified atom stereocenters. The molecule has 0 N–H and O–H groups in total. The number of halogens is 1. The molecule has 2 aromatic carbocycles. The summed E-state index contributed by atoms with van der Waals surface area (Å²) < 4.78 is 16.3. The molecule has 0 aliphatic heterocycles. The SMILES string of the molecule is COc1cccc(CN(C)C(=O)CSc2nnc(COc3ccc(Cl)cc3)o2)c1. The lowest BCUT2D eigenvalue weighted by molar-refractivity contribution is -0.127. The number of thioether (sulfide) groups is 1. The number of hydrogen-bond donors (Lipinski definition) is 0. The van der Waals surface area contributed by atoms with Crippen LogP contribution in [0, 0.1) is 0 Å². The summed E-state index contributed by atoms with van der Waals surface area (Å²) in [6.45, 7) is 0.624. The molecule has 152 valence electrons. The van der Waals surface area contributed by atoms with Crippen molar-refractivity contribution < 1.29 is 18.7 Å². The van der Waals surface area contributed by atoms with E-state index in [0.29, 0.717) is 28.4 Å². The Morgan fingerprint density at radius 3 is 2.72 bits per heavy atom. The lowest BCUT2D eigenvalue weighted by atomic mass is 10.2. The molecule has 9 heteroatoms. The summed E-state index contributed by atoms with van der Waals surface area (Å²) in [5, 5.41) is 8.83. The molecule has 0 saturated carbocycles. The second-order valence-electron chi connectivity index (χ2n) is 6.09. The number of nitrogens with zero attached hydrogens (tertiary/aromatic N) is 3. The van der Waals surface area contributed by atoms with Crippen LogP contribution in [0.25, 0.3) is 0 Å². The highest BCUT2D eigenvalue weighted by atomic mass is 35.5. The topological polar surface area (TPSA) is 77.7 Å². The summed E-state index contributed by atoms with van der Waals surface area (Å²) in [6, 6.07) is 14.6. The molecule has 0 aliphatic rings. The number of hydrogen-bond acceptors (Lipinski definition) is 7. The monoisotopic (exact) mass is 433 g/mol. The summed E-state index contributed by atoms with van der Waals surface area (Å²) in [7, 11) is 3.37. The fourth-order valence-electron chi connectivity index (χ4n) is 2.40. The van der Waals surface area contributed by atoms with Crippen molar-refractivity contribution in [3.63, 3.8) is 0 Å². The van der Waals surface area contributed by atoms with Crippen molar-refractivity contribution in [3.05, 3.63) is 65.0 Å². The first-order valence-corrected chi connectivity index (χ1v) is 10.1. The van der Waals surface area contributed by atoms with Gasteiger partial charge in [0.2, 0.25) is 5.91 Å². The molecule has 0 bridgehead atoms. The van der Waals surface area contributed by atoms with E-state index in [4.69, 9.17) is 25.5 Å². The zero-order chi connectivity index (χ0) is 20.6. The van der Waals surface area contributed by atoms with Crippen molar-refractivity contribution >= 4 is 29.3 Å². The van der Waals surface area contributed by atoms with Crippen LogP contribution < -0.4 is 9.47 Å². The van der Waals surface area contributed by atoms with Crippen LogP contribution in [0.15, 0.2) is 58.2 Å². The second-order valence-corrected chi connectivity index (χ2v) is 7.46. The fourth-order valence-corrected chi connectivity index (χ4v) is 3.24. The van der Waals surface area contributed by atoms with Crippen molar-refractivity contribution in [2.45, 2.75) is 18.4 Å². The molecule has 0 aliphatic carbocycles. The molecule has 29 heavy (non-hydrogen) atoms. The van der Waals surface area contributed by atoms with E-state index in [0.717, 1.165) is 11.3 Å². The van der Waals surface area contributed by atoms with Gasteiger partial charge in [0.25, 0.3) is 11.1 Å². The van der Waals surface area contributed by atoms with Gasteiger partial charge in [-0.1, -0.05) is 35.5 Å². The van der Waals surface area contributed by atoms with Crippen molar-refractivity contribution in [2.75, 3.05) is 19.9 Å². The van der Waals surface area contributed by atoms with E-state index in [2.05, 4.69) is 10.2 Å². The minimum atomic E-state index is -0.0463. The average Bonchev–Trinajstić information content (AvgIpc) is 3.19. The average molecular weight is 434 g/mol. The van der Waals surface area contributed by atoms with E-state index >= 15 is 0 Å². The standard InChI is InChI=1S/C20H20ClN3O4S/c1-24(11-14-4-3-5-17(10-14)26-2)19(25)13-29-20-23-22-18(28-20)12-27-16-8-6-15(21)7-9-16/h3-10H,11-13H2,1-2H3. The van der Waals surface area contributed by atoms with Crippen LogP contribution in [0.4, 0.5) is 0 Å². The molecule has 7 nitrogen and oxygen atoms in total. The summed E-state index contributed by atoms with van der Waals surface area (Å²) in [5.74, 6) is 1.89. The molecule has 0 spiro atoms. The Morgan fingerprint density at radius 1 is 1.17 bits per heavy atom. The van der Waals surface area contributed by atoms with Crippen LogP contribution in [-0.2, 0) is 17.9 Å². The smallest absolute Gasteiger partial charge is 0.277 e. The fraction of sp³-hybridized carbons (Fsp3) is 0.250. The lowest BCUT2D eigenvalue weighted by Gasteiger charge is -2.17. The van der Waals surface area contributed by atoms with Gasteiger partial charge in [-0.25, -0.2) is 0 Å². The number of benzene rings is 2. The van der Waals surface area contributed by atoms with Gasteiger partial charge in [-0.3, -0.25) is 4.79 Å². The Balaban J connectivity index is 1.45. The van der Waals surface area contributed by atoms with Crippen molar-refractivity contribution in [1.82, 2.24) is 15.1 Å². The number of ether oxygens (including phenoxy) is 2. The number of carbonyl (C=O) groups is 1. The molecule has 1 aromatic heterocycles. The summed E-state index contributed by atoms with van der Waals surface area (Å²) in [6.07, 6.45) is 0. The zero-order valence-electron chi connectivity index (χ0n) is 16.0.